The molecule has 0 aromatic carbocycles. The van der Waals surface area contributed by atoms with E-state index in [9.17, 15) is 4.79 Å². The third-order valence-corrected chi connectivity index (χ3v) is 7.88. The van der Waals surface area contributed by atoms with Gasteiger partial charge in [-0.25, -0.2) is 0 Å². The molecule has 1 N–H and O–H groups in total. The van der Waals surface area contributed by atoms with E-state index in [0.29, 0.717) is 12.5 Å². The zero-order chi connectivity index (χ0) is 14.4. The van der Waals surface area contributed by atoms with Crippen LogP contribution in [0.2, 0.25) is 0 Å². The first-order chi connectivity index (χ1) is 9.44. The highest BCUT2D eigenvalue weighted by Gasteiger charge is 2.68. The molecule has 0 radical (unpaired) electrons. The summed E-state index contributed by atoms with van der Waals surface area (Å²) < 4.78 is 5.44. The molecule has 2 saturated heterocycles. The van der Waals surface area contributed by atoms with E-state index < -0.39 is 0 Å². The average molecular weight is 410 g/mol. The van der Waals surface area contributed by atoms with Gasteiger partial charge in [-0.2, -0.15) is 0 Å². The molecular formula is C15H24Br2NO2+. The summed E-state index contributed by atoms with van der Waals surface area (Å²) in [7, 11) is 0. The van der Waals surface area contributed by atoms with Crippen LogP contribution in [0.4, 0.5) is 0 Å². The number of halogens is 2. The van der Waals surface area contributed by atoms with Crippen LogP contribution in [-0.2, 0) is 9.53 Å². The molecule has 0 bridgehead atoms. The molecular weight excluding hydrogens is 386 g/mol. The number of carbonyl (C=O) groups excluding carboxylic acids is 1. The molecule has 5 heteroatoms. The van der Waals surface area contributed by atoms with E-state index >= 15 is 0 Å². The van der Waals surface area contributed by atoms with Crippen LogP contribution in [0.5, 0.6) is 0 Å². The maximum atomic E-state index is 12.3. The number of rotatable bonds is 3. The minimum absolute atomic E-state index is 0.0471. The number of carbonyl (C=O) groups is 1. The molecule has 0 aromatic heterocycles. The maximum Gasteiger partial charge on any atom is 0.314 e. The number of nitrogens with one attached hydrogen (secondary N) is 1. The van der Waals surface area contributed by atoms with Crippen molar-refractivity contribution in [1.29, 1.82) is 0 Å². The van der Waals surface area contributed by atoms with Gasteiger partial charge in [0.25, 0.3) is 0 Å². The number of hydrogen-bond donors (Lipinski definition) is 1. The highest BCUT2D eigenvalue weighted by molar-refractivity contribution is 9.25. The Balaban J connectivity index is 1.54. The Labute approximate surface area is 138 Å². The lowest BCUT2D eigenvalue weighted by atomic mass is 9.84. The van der Waals surface area contributed by atoms with Crippen LogP contribution in [0.3, 0.4) is 0 Å². The zero-order valence-corrected chi connectivity index (χ0v) is 15.3. The molecule has 1 aliphatic carbocycles. The van der Waals surface area contributed by atoms with Gasteiger partial charge in [-0.3, -0.25) is 4.79 Å². The Hall–Kier alpha value is 0.390. The number of esters is 1. The second kappa shape index (κ2) is 5.54. The van der Waals surface area contributed by atoms with Crippen LogP contribution in [0.15, 0.2) is 0 Å². The fourth-order valence-corrected chi connectivity index (χ4v) is 5.39. The van der Waals surface area contributed by atoms with Gasteiger partial charge in [-0.1, -0.05) is 31.9 Å². The van der Waals surface area contributed by atoms with Gasteiger partial charge in [-0.15, -0.1) is 0 Å². The van der Waals surface area contributed by atoms with Crippen LogP contribution in [0.25, 0.3) is 0 Å². The van der Waals surface area contributed by atoms with Gasteiger partial charge in [0.15, 0.2) is 0 Å². The minimum atomic E-state index is -0.388. The Kier molecular flexibility index (Phi) is 4.24. The summed E-state index contributed by atoms with van der Waals surface area (Å²) in [5, 5.41) is 0. The van der Waals surface area contributed by atoms with Crippen molar-refractivity contribution in [3.05, 3.63) is 0 Å². The summed E-state index contributed by atoms with van der Waals surface area (Å²) in [5.41, 5.74) is -0.388. The van der Waals surface area contributed by atoms with E-state index in [1.54, 1.807) is 4.90 Å². The van der Waals surface area contributed by atoms with Crippen molar-refractivity contribution in [2.24, 2.45) is 11.3 Å². The summed E-state index contributed by atoms with van der Waals surface area (Å²) in [6.45, 7) is 5.23. The second-order valence-electron chi connectivity index (χ2n) is 6.97. The molecule has 3 fully saturated rings. The lowest BCUT2D eigenvalue weighted by Gasteiger charge is -2.41. The van der Waals surface area contributed by atoms with Crippen LogP contribution in [0.1, 0.15) is 45.4 Å². The molecule has 0 spiro atoms. The largest absolute Gasteiger partial charge is 0.465 e. The summed E-state index contributed by atoms with van der Waals surface area (Å²) >= 11 is 7.09. The molecule has 3 aliphatic rings. The predicted molar refractivity (Wildman–Crippen MR) is 85.3 cm³/mol. The van der Waals surface area contributed by atoms with E-state index in [0.717, 1.165) is 12.5 Å². The third kappa shape index (κ3) is 2.70. The smallest absolute Gasteiger partial charge is 0.314 e. The molecule has 4 atom stereocenters. The Morgan fingerprint density at radius 2 is 1.95 bits per heavy atom. The molecule has 1 unspecified atom stereocenters. The summed E-state index contributed by atoms with van der Waals surface area (Å²) in [5.74, 6) is 0.527. The number of piperidine rings is 2. The Bertz CT molecular complexity index is 399. The first-order valence-corrected chi connectivity index (χ1v) is 9.42. The number of fused-ring (bicyclic) bond motifs is 1. The van der Waals surface area contributed by atoms with Crippen molar-refractivity contribution >= 4 is 37.8 Å². The highest BCUT2D eigenvalue weighted by Crippen LogP contribution is 2.66. The molecule has 0 amide bonds. The van der Waals surface area contributed by atoms with E-state index in [2.05, 4.69) is 31.9 Å². The van der Waals surface area contributed by atoms with Crippen molar-refractivity contribution in [3.63, 3.8) is 0 Å². The van der Waals surface area contributed by atoms with E-state index in [-0.39, 0.29) is 14.6 Å². The Morgan fingerprint density at radius 1 is 1.25 bits per heavy atom. The van der Waals surface area contributed by atoms with Crippen molar-refractivity contribution in [2.45, 2.75) is 54.7 Å². The number of quaternary nitrogens is 1. The zero-order valence-electron chi connectivity index (χ0n) is 12.1. The second-order valence-corrected chi connectivity index (χ2v) is 10.7. The SMILES string of the molecule is C[C@]1(C(=O)OC[C@@H]2CCC[NH+]3CCCC[C@H]23)CC1(Br)Br. The van der Waals surface area contributed by atoms with Gasteiger partial charge >= 0.3 is 5.97 Å². The van der Waals surface area contributed by atoms with Gasteiger partial charge < -0.3 is 9.64 Å². The molecule has 2 aliphatic heterocycles. The molecule has 3 rings (SSSR count). The summed E-state index contributed by atoms with van der Waals surface area (Å²) in [6, 6.07) is 0.731. The van der Waals surface area contributed by atoms with Gasteiger partial charge in [0.2, 0.25) is 0 Å². The van der Waals surface area contributed by atoms with Crippen molar-refractivity contribution in [3.8, 4) is 0 Å². The molecule has 3 nitrogen and oxygen atoms in total. The van der Waals surface area contributed by atoms with E-state index in [4.69, 9.17) is 4.74 Å². The molecule has 0 aromatic rings. The number of ether oxygens (including phenoxy) is 1. The van der Waals surface area contributed by atoms with E-state index in [1.807, 2.05) is 6.92 Å². The Morgan fingerprint density at radius 3 is 2.65 bits per heavy atom. The van der Waals surface area contributed by atoms with Gasteiger partial charge in [0.05, 0.1) is 34.4 Å². The van der Waals surface area contributed by atoms with Crippen LogP contribution in [0, 0.1) is 11.3 Å². The third-order valence-electron chi connectivity index (χ3n) is 5.57. The standard InChI is InChI=1S/C15H23Br2NO2/c1-14(10-15(14,16)17)13(19)20-9-11-5-4-8-18-7-3-2-6-12(11)18/h11-12H,2-10H2,1H3/p+1/t11-,12+,14+/m0/s1. The summed E-state index contributed by atoms with van der Waals surface area (Å²) in [6.07, 6.45) is 7.35. The van der Waals surface area contributed by atoms with Crippen molar-refractivity contribution in [2.75, 3.05) is 19.7 Å². The quantitative estimate of drug-likeness (QED) is 0.572. The van der Waals surface area contributed by atoms with Crippen molar-refractivity contribution < 1.29 is 14.4 Å². The minimum Gasteiger partial charge on any atom is -0.465 e. The van der Waals surface area contributed by atoms with Crippen LogP contribution >= 0.6 is 31.9 Å². The molecule has 1 saturated carbocycles. The molecule has 20 heavy (non-hydrogen) atoms. The number of hydrogen-bond acceptors (Lipinski definition) is 2. The fraction of sp³-hybridized carbons (Fsp3) is 0.933. The monoisotopic (exact) mass is 408 g/mol. The summed E-state index contributed by atoms with van der Waals surface area (Å²) in [4.78, 5) is 14.0. The van der Waals surface area contributed by atoms with E-state index in [1.165, 1.54) is 45.2 Å². The number of alkyl halides is 2. The fourth-order valence-electron chi connectivity index (χ4n) is 3.94. The van der Waals surface area contributed by atoms with Gasteiger partial charge in [-0.05, 0) is 45.4 Å². The van der Waals surface area contributed by atoms with Crippen LogP contribution in [-0.4, -0.2) is 34.9 Å². The maximum absolute atomic E-state index is 12.3. The normalized spacial score (nSPS) is 42.6. The molecule has 2 heterocycles. The van der Waals surface area contributed by atoms with Crippen LogP contribution < -0.4 is 4.90 Å². The lowest BCUT2D eigenvalue weighted by Crippen LogP contribution is -3.18. The van der Waals surface area contributed by atoms with Gasteiger partial charge in [0, 0.05) is 5.92 Å². The average Bonchev–Trinajstić information content (AvgIpc) is 2.96. The van der Waals surface area contributed by atoms with Gasteiger partial charge in [0.1, 0.15) is 0 Å². The first kappa shape index (κ1) is 15.3. The van der Waals surface area contributed by atoms with Crippen molar-refractivity contribution in [1.82, 2.24) is 0 Å². The predicted octanol–water partition coefficient (Wildman–Crippen LogP) is 2.27. The lowest BCUT2D eigenvalue weighted by molar-refractivity contribution is -0.940. The first-order valence-electron chi connectivity index (χ1n) is 7.84. The molecule has 114 valence electrons. The highest BCUT2D eigenvalue weighted by atomic mass is 79.9. The topological polar surface area (TPSA) is 30.7 Å².